The Hall–Kier alpha value is -3.75. The maximum Gasteiger partial charge on any atom is 0.245 e. The lowest BCUT2D eigenvalue weighted by Crippen LogP contribution is -2.75. The topological polar surface area (TPSA) is 64.2 Å². The molecule has 7 nitrogen and oxygen atoms in total. The minimum absolute atomic E-state index is 0.0280. The van der Waals surface area contributed by atoms with Gasteiger partial charge in [-0.25, -0.2) is 10.0 Å². The van der Waals surface area contributed by atoms with E-state index in [0.717, 1.165) is 21.2 Å². The molecule has 41 heavy (non-hydrogen) atoms. The summed E-state index contributed by atoms with van der Waals surface area (Å²) in [5.74, 6) is -0.291. The minimum Gasteiger partial charge on any atom is -0.333 e. The van der Waals surface area contributed by atoms with Crippen LogP contribution in [0.25, 0.3) is 0 Å². The lowest BCUT2D eigenvalue weighted by Gasteiger charge is -2.55. The van der Waals surface area contributed by atoms with E-state index in [1.807, 2.05) is 94.8 Å². The van der Waals surface area contributed by atoms with Crippen LogP contribution in [0.3, 0.4) is 0 Å². The number of carbonyl (C=O) groups excluding carboxylic acids is 3. The molecule has 0 aromatic heterocycles. The third-order valence-corrected chi connectivity index (χ3v) is 8.22. The Morgan fingerprint density at radius 1 is 0.878 bits per heavy atom. The van der Waals surface area contributed by atoms with Gasteiger partial charge in [0.25, 0.3) is 0 Å². The standard InChI is InChI=1S/C33H35BrN4O3/c1-2-3-14-31(39)38-30-23-35(21-26-12-8-5-9-13-26)33(41)29(20-17-25-10-6-4-7-11-25)37(30)32(40)24-36(38)22-27-15-18-28(34)19-16-27/h2,4-13,15-16,18-19,29-30H,1,3,14,17,20-24H2/t29-,30-/m0/s1. The second kappa shape index (κ2) is 13.3. The lowest BCUT2D eigenvalue weighted by molar-refractivity contribution is -0.209. The van der Waals surface area contributed by atoms with E-state index in [0.29, 0.717) is 32.4 Å². The van der Waals surface area contributed by atoms with Gasteiger partial charge in [0.2, 0.25) is 17.7 Å². The molecule has 212 valence electrons. The Morgan fingerprint density at radius 3 is 2.17 bits per heavy atom. The molecule has 0 radical (unpaired) electrons. The average Bonchev–Trinajstić information content (AvgIpc) is 2.98. The highest BCUT2D eigenvalue weighted by atomic mass is 79.9. The molecule has 2 saturated heterocycles. The van der Waals surface area contributed by atoms with E-state index < -0.39 is 12.2 Å². The van der Waals surface area contributed by atoms with Gasteiger partial charge in [-0.1, -0.05) is 94.8 Å². The van der Waals surface area contributed by atoms with E-state index in [1.165, 1.54) is 0 Å². The van der Waals surface area contributed by atoms with Crippen molar-refractivity contribution in [2.24, 2.45) is 0 Å². The molecule has 0 bridgehead atoms. The SMILES string of the molecule is C=CCCC(=O)N1[C@H]2CN(Cc3ccccc3)C(=O)[C@H](CCc3ccccc3)N2C(=O)CN1Cc1ccc(Br)cc1. The van der Waals surface area contributed by atoms with Gasteiger partial charge >= 0.3 is 0 Å². The number of rotatable bonds is 10. The Bertz CT molecular complexity index is 1370. The molecule has 2 aliphatic rings. The van der Waals surface area contributed by atoms with Crippen LogP contribution in [0, 0.1) is 0 Å². The third kappa shape index (κ3) is 6.77. The number of piperazine rings is 1. The highest BCUT2D eigenvalue weighted by molar-refractivity contribution is 9.10. The summed E-state index contributed by atoms with van der Waals surface area (Å²) in [7, 11) is 0. The molecule has 0 spiro atoms. The minimum atomic E-state index is -0.658. The fraction of sp³-hybridized carbons (Fsp3) is 0.303. The lowest BCUT2D eigenvalue weighted by atomic mass is 9.98. The molecule has 2 heterocycles. The summed E-state index contributed by atoms with van der Waals surface area (Å²) < 4.78 is 0.963. The van der Waals surface area contributed by atoms with Crippen LogP contribution in [0.1, 0.15) is 36.0 Å². The van der Waals surface area contributed by atoms with Crippen LogP contribution in [-0.4, -0.2) is 62.8 Å². The van der Waals surface area contributed by atoms with Gasteiger partial charge in [-0.05, 0) is 48.1 Å². The number of hydrazine groups is 1. The third-order valence-electron chi connectivity index (χ3n) is 7.69. The molecular formula is C33H35BrN4O3. The zero-order chi connectivity index (χ0) is 28.8. The number of fused-ring (bicyclic) bond motifs is 1. The molecular weight excluding hydrogens is 580 g/mol. The van der Waals surface area contributed by atoms with Gasteiger partial charge in [0, 0.05) is 24.0 Å². The molecule has 2 atom stereocenters. The Labute approximate surface area is 250 Å². The van der Waals surface area contributed by atoms with Crippen molar-refractivity contribution in [3.63, 3.8) is 0 Å². The molecule has 8 heteroatoms. The number of halogens is 1. The number of amides is 3. The molecule has 3 amide bonds. The Balaban J connectivity index is 1.49. The first-order valence-electron chi connectivity index (χ1n) is 14.0. The smallest absolute Gasteiger partial charge is 0.245 e. The van der Waals surface area contributed by atoms with Crippen molar-refractivity contribution >= 4 is 33.7 Å². The van der Waals surface area contributed by atoms with Crippen LogP contribution in [0.2, 0.25) is 0 Å². The van der Waals surface area contributed by atoms with Gasteiger partial charge in [0.15, 0.2) is 0 Å². The highest BCUT2D eigenvalue weighted by Gasteiger charge is 2.50. The van der Waals surface area contributed by atoms with Crippen molar-refractivity contribution in [1.29, 1.82) is 0 Å². The van der Waals surface area contributed by atoms with Gasteiger partial charge in [-0.15, -0.1) is 6.58 Å². The fourth-order valence-corrected chi connectivity index (χ4v) is 5.97. The molecule has 3 aromatic rings. The highest BCUT2D eigenvalue weighted by Crippen LogP contribution is 2.31. The number of hydrogen-bond acceptors (Lipinski definition) is 4. The monoisotopic (exact) mass is 614 g/mol. The maximum absolute atomic E-state index is 14.0. The van der Waals surface area contributed by atoms with Crippen LogP contribution in [0.5, 0.6) is 0 Å². The zero-order valence-corrected chi connectivity index (χ0v) is 24.7. The van der Waals surface area contributed by atoms with E-state index in [4.69, 9.17) is 0 Å². The van der Waals surface area contributed by atoms with Gasteiger partial charge in [-0.2, -0.15) is 0 Å². The van der Waals surface area contributed by atoms with Gasteiger partial charge in [0.05, 0.1) is 13.1 Å². The van der Waals surface area contributed by atoms with Crippen LogP contribution < -0.4 is 0 Å². The van der Waals surface area contributed by atoms with Crippen LogP contribution >= 0.6 is 15.9 Å². The summed E-state index contributed by atoms with van der Waals surface area (Å²) in [6, 6.07) is 27.1. The first-order valence-corrected chi connectivity index (χ1v) is 14.8. The van der Waals surface area contributed by atoms with Crippen molar-refractivity contribution < 1.29 is 14.4 Å². The largest absolute Gasteiger partial charge is 0.333 e. The summed E-state index contributed by atoms with van der Waals surface area (Å²) in [5, 5.41) is 3.59. The molecule has 2 aliphatic heterocycles. The van der Waals surface area contributed by atoms with Crippen molar-refractivity contribution in [2.45, 2.75) is 51.0 Å². The fourth-order valence-electron chi connectivity index (χ4n) is 5.70. The van der Waals surface area contributed by atoms with Crippen molar-refractivity contribution in [3.8, 4) is 0 Å². The number of allylic oxidation sites excluding steroid dienone is 1. The van der Waals surface area contributed by atoms with Gasteiger partial charge in [0.1, 0.15) is 12.2 Å². The van der Waals surface area contributed by atoms with Gasteiger partial charge in [-0.3, -0.25) is 14.4 Å². The quantitative estimate of drug-likeness (QED) is 0.296. The van der Waals surface area contributed by atoms with Crippen molar-refractivity contribution in [1.82, 2.24) is 19.8 Å². The van der Waals surface area contributed by atoms with Gasteiger partial charge < -0.3 is 9.80 Å². The predicted octanol–water partition coefficient (Wildman–Crippen LogP) is 5.17. The van der Waals surface area contributed by atoms with Crippen molar-refractivity contribution in [2.75, 3.05) is 13.1 Å². The molecule has 3 aromatic carbocycles. The summed E-state index contributed by atoms with van der Waals surface area (Å²) in [5.41, 5.74) is 3.11. The molecule has 0 saturated carbocycles. The van der Waals surface area contributed by atoms with E-state index in [9.17, 15) is 14.4 Å². The average molecular weight is 616 g/mol. The summed E-state index contributed by atoms with van der Waals surface area (Å²) in [6.07, 6.45) is 3.09. The van der Waals surface area contributed by atoms with Crippen LogP contribution in [-0.2, 0) is 33.9 Å². The number of hydrogen-bond donors (Lipinski definition) is 0. The molecule has 0 N–H and O–H groups in total. The van der Waals surface area contributed by atoms with E-state index in [2.05, 4.69) is 22.5 Å². The Morgan fingerprint density at radius 2 is 1.51 bits per heavy atom. The first-order chi connectivity index (χ1) is 19.9. The normalized spacial score (nSPS) is 19.3. The van der Waals surface area contributed by atoms with Crippen LogP contribution in [0.4, 0.5) is 0 Å². The molecule has 0 aliphatic carbocycles. The zero-order valence-electron chi connectivity index (χ0n) is 23.1. The molecule has 2 fully saturated rings. The molecule has 5 rings (SSSR count). The van der Waals surface area contributed by atoms with Crippen molar-refractivity contribution in [3.05, 3.63) is 119 Å². The number of benzene rings is 3. The summed E-state index contributed by atoms with van der Waals surface area (Å²) in [4.78, 5) is 45.2. The maximum atomic E-state index is 14.0. The number of nitrogens with zero attached hydrogens (tertiary/aromatic N) is 4. The second-order valence-electron chi connectivity index (χ2n) is 10.5. The number of carbonyl (C=O) groups is 3. The summed E-state index contributed by atoms with van der Waals surface area (Å²) in [6.45, 7) is 4.90. The number of aryl methyl sites for hydroxylation is 1. The van der Waals surface area contributed by atoms with E-state index >= 15 is 0 Å². The first kappa shape index (κ1) is 28.8. The van der Waals surface area contributed by atoms with E-state index in [-0.39, 0.29) is 37.2 Å². The second-order valence-corrected chi connectivity index (χ2v) is 11.5. The van der Waals surface area contributed by atoms with E-state index in [1.54, 1.807) is 16.0 Å². The summed E-state index contributed by atoms with van der Waals surface area (Å²) >= 11 is 3.48. The molecule has 0 unspecified atom stereocenters. The predicted molar refractivity (Wildman–Crippen MR) is 162 cm³/mol. The van der Waals surface area contributed by atoms with Crippen LogP contribution in [0.15, 0.2) is 102 Å². The Kier molecular flexibility index (Phi) is 9.31.